The van der Waals surface area contributed by atoms with Crippen LogP contribution < -0.4 is 15.5 Å². The van der Waals surface area contributed by atoms with Crippen LogP contribution in [-0.2, 0) is 4.79 Å². The van der Waals surface area contributed by atoms with Crippen LogP contribution in [0.3, 0.4) is 0 Å². The molecule has 0 aliphatic heterocycles. The number of rotatable bonds is 5. The monoisotopic (exact) mass is 387 g/mol. The third-order valence-electron chi connectivity index (χ3n) is 3.63. The van der Waals surface area contributed by atoms with Crippen molar-refractivity contribution in [1.82, 2.24) is 15.8 Å². The zero-order valence-electron chi connectivity index (χ0n) is 13.8. The van der Waals surface area contributed by atoms with Gasteiger partial charge in [0.05, 0.1) is 6.54 Å². The average Bonchev–Trinajstić information content (AvgIpc) is 2.69. The molecule has 0 radical (unpaired) electrons. The zero-order chi connectivity index (χ0) is 19.4. The summed E-state index contributed by atoms with van der Waals surface area (Å²) in [7, 11) is 0. The Labute approximate surface area is 158 Å². The van der Waals surface area contributed by atoms with Gasteiger partial charge in [-0.1, -0.05) is 29.8 Å². The molecule has 0 unspecified atom stereocenters. The molecule has 9 heteroatoms. The number of halogens is 1. The Hall–Kier alpha value is -3.36. The maximum Gasteiger partial charge on any atom is 0.274 e. The lowest BCUT2D eigenvalue weighted by Gasteiger charge is -2.11. The molecule has 0 spiro atoms. The van der Waals surface area contributed by atoms with Crippen LogP contribution in [0, 0.1) is 0 Å². The van der Waals surface area contributed by atoms with E-state index in [0.717, 1.165) is 0 Å². The maximum absolute atomic E-state index is 12.1. The molecule has 0 saturated heterocycles. The van der Waals surface area contributed by atoms with Crippen molar-refractivity contribution in [3.8, 4) is 17.2 Å². The van der Waals surface area contributed by atoms with E-state index in [4.69, 9.17) is 21.5 Å². The first-order valence-electron chi connectivity index (χ1n) is 7.76. The van der Waals surface area contributed by atoms with Gasteiger partial charge in [0.1, 0.15) is 16.7 Å². The summed E-state index contributed by atoms with van der Waals surface area (Å²) < 4.78 is 5.72. The van der Waals surface area contributed by atoms with E-state index in [1.54, 1.807) is 30.3 Å². The van der Waals surface area contributed by atoms with Gasteiger partial charge in [-0.2, -0.15) is 0 Å². The topological polar surface area (TPSA) is 121 Å². The normalized spacial score (nSPS) is 10.4. The fraction of sp³-hybridized carbons (Fsp3) is 0.0556. The zero-order valence-corrected chi connectivity index (χ0v) is 14.5. The van der Waals surface area contributed by atoms with Crippen molar-refractivity contribution in [3.63, 3.8) is 0 Å². The van der Waals surface area contributed by atoms with Gasteiger partial charge in [-0.05, 0) is 30.3 Å². The second kappa shape index (κ2) is 7.90. The minimum atomic E-state index is -0.822. The number of ether oxygens (including phenoxy) is 1. The van der Waals surface area contributed by atoms with Gasteiger partial charge in [-0.25, -0.2) is 10.5 Å². The number of hydrogen-bond acceptors (Lipinski definition) is 6. The molecule has 3 rings (SSSR count). The number of nitrogens with one attached hydrogen (secondary N) is 2. The van der Waals surface area contributed by atoms with E-state index in [-0.39, 0.29) is 16.6 Å². The highest BCUT2D eigenvalue weighted by atomic mass is 35.5. The third-order valence-corrected chi connectivity index (χ3v) is 3.92. The van der Waals surface area contributed by atoms with E-state index in [1.807, 2.05) is 18.2 Å². The predicted octanol–water partition coefficient (Wildman–Crippen LogP) is 2.62. The number of carbonyl (C=O) groups excluding carboxylic acids is 2. The van der Waals surface area contributed by atoms with Crippen LogP contribution in [0.5, 0.6) is 17.2 Å². The summed E-state index contributed by atoms with van der Waals surface area (Å²) in [5, 5.41) is 21.7. The molecule has 0 fully saturated rings. The number of para-hydroxylation sites is 1. The molecule has 0 saturated carbocycles. The summed E-state index contributed by atoms with van der Waals surface area (Å²) in [5.41, 5.74) is 1.04. The molecule has 0 aliphatic carbocycles. The van der Waals surface area contributed by atoms with E-state index in [9.17, 15) is 14.7 Å². The number of nitrogens with zero attached hydrogens (tertiary/aromatic N) is 1. The lowest BCUT2D eigenvalue weighted by Crippen LogP contribution is -2.35. The first kappa shape index (κ1) is 18.4. The van der Waals surface area contributed by atoms with Gasteiger partial charge in [0.15, 0.2) is 11.4 Å². The lowest BCUT2D eigenvalue weighted by molar-refractivity contribution is -0.128. The van der Waals surface area contributed by atoms with Gasteiger partial charge in [0, 0.05) is 10.8 Å². The Bertz CT molecular complexity index is 1010. The van der Waals surface area contributed by atoms with Crippen LogP contribution in [0.15, 0.2) is 48.5 Å². The number of benzene rings is 2. The second-order valence-electron chi connectivity index (χ2n) is 5.44. The van der Waals surface area contributed by atoms with Gasteiger partial charge < -0.3 is 15.2 Å². The molecule has 0 atom stereocenters. The van der Waals surface area contributed by atoms with Crippen LogP contribution in [0.25, 0.3) is 10.8 Å². The summed E-state index contributed by atoms with van der Waals surface area (Å²) in [4.78, 5) is 27.0. The third kappa shape index (κ3) is 4.08. The van der Waals surface area contributed by atoms with Crippen molar-refractivity contribution in [2.24, 2.45) is 0 Å². The van der Waals surface area contributed by atoms with Crippen LogP contribution in [0.4, 0.5) is 0 Å². The van der Waals surface area contributed by atoms with Gasteiger partial charge in [0.2, 0.25) is 0 Å². The van der Waals surface area contributed by atoms with Crippen LogP contribution in [0.2, 0.25) is 5.15 Å². The molecule has 2 aromatic carbocycles. The number of aromatic nitrogens is 1. The van der Waals surface area contributed by atoms with E-state index < -0.39 is 18.4 Å². The molecule has 0 bridgehead atoms. The Kier molecular flexibility index (Phi) is 5.39. The summed E-state index contributed by atoms with van der Waals surface area (Å²) in [5.74, 6) is -0.915. The number of amides is 2. The largest absolute Gasteiger partial charge is 0.505 e. The summed E-state index contributed by atoms with van der Waals surface area (Å²) >= 11 is 6.17. The minimum absolute atomic E-state index is 0.0157. The van der Waals surface area contributed by atoms with Crippen molar-refractivity contribution < 1.29 is 24.6 Å². The van der Waals surface area contributed by atoms with Gasteiger partial charge >= 0.3 is 0 Å². The standard InChI is InChI=1S/C18H14ClN3O5/c19-17-13-8-11(27-10-4-2-1-3-5-10)6-7-12(13)16(24)15(21-17)18(25)20-9-14(23)22-26/h1-8,24,26H,9H2,(H,20,25)(H,22,23). The van der Waals surface area contributed by atoms with Crippen molar-refractivity contribution in [1.29, 1.82) is 0 Å². The molecule has 4 N–H and O–H groups in total. The van der Waals surface area contributed by atoms with E-state index in [0.29, 0.717) is 22.3 Å². The smallest absolute Gasteiger partial charge is 0.274 e. The lowest BCUT2D eigenvalue weighted by atomic mass is 10.1. The average molecular weight is 388 g/mol. The molecular weight excluding hydrogens is 374 g/mol. The molecule has 3 aromatic rings. The molecular formula is C18H14ClN3O5. The van der Waals surface area contributed by atoms with Crippen molar-refractivity contribution >= 4 is 34.2 Å². The van der Waals surface area contributed by atoms with Crippen LogP contribution in [-0.4, -0.2) is 33.7 Å². The first-order valence-corrected chi connectivity index (χ1v) is 8.13. The van der Waals surface area contributed by atoms with Gasteiger partial charge in [-0.15, -0.1) is 0 Å². The number of hydroxylamine groups is 1. The minimum Gasteiger partial charge on any atom is -0.505 e. The Morgan fingerprint density at radius 3 is 2.52 bits per heavy atom. The fourth-order valence-electron chi connectivity index (χ4n) is 2.37. The first-order chi connectivity index (χ1) is 13.0. The van der Waals surface area contributed by atoms with E-state index in [2.05, 4.69) is 10.3 Å². The van der Waals surface area contributed by atoms with Crippen molar-refractivity contribution in [2.45, 2.75) is 0 Å². The Morgan fingerprint density at radius 1 is 1.07 bits per heavy atom. The van der Waals surface area contributed by atoms with E-state index in [1.165, 1.54) is 5.48 Å². The number of hydrogen-bond donors (Lipinski definition) is 4. The van der Waals surface area contributed by atoms with Gasteiger partial charge in [-0.3, -0.25) is 14.8 Å². The highest BCUT2D eigenvalue weighted by molar-refractivity contribution is 6.35. The van der Waals surface area contributed by atoms with Crippen LogP contribution >= 0.6 is 11.6 Å². The highest BCUT2D eigenvalue weighted by Gasteiger charge is 2.19. The quantitative estimate of drug-likeness (QED) is 0.303. The van der Waals surface area contributed by atoms with Crippen LogP contribution in [0.1, 0.15) is 10.5 Å². The number of aromatic hydroxyl groups is 1. The predicted molar refractivity (Wildman–Crippen MR) is 97.2 cm³/mol. The Morgan fingerprint density at radius 2 is 1.81 bits per heavy atom. The number of pyridine rings is 1. The SMILES string of the molecule is O=C(CNC(=O)c1nc(Cl)c2cc(Oc3ccccc3)ccc2c1O)NO. The van der Waals surface area contributed by atoms with Crippen molar-refractivity contribution in [2.75, 3.05) is 6.54 Å². The molecule has 1 heterocycles. The summed E-state index contributed by atoms with van der Waals surface area (Å²) in [6, 6.07) is 13.9. The summed E-state index contributed by atoms with van der Waals surface area (Å²) in [6.07, 6.45) is 0. The van der Waals surface area contributed by atoms with Crippen molar-refractivity contribution in [3.05, 3.63) is 59.4 Å². The molecule has 8 nitrogen and oxygen atoms in total. The molecule has 138 valence electrons. The molecule has 1 aromatic heterocycles. The van der Waals surface area contributed by atoms with Gasteiger partial charge in [0.25, 0.3) is 11.8 Å². The Balaban J connectivity index is 1.92. The summed E-state index contributed by atoms with van der Waals surface area (Å²) in [6.45, 7) is -0.490. The molecule has 2 amide bonds. The maximum atomic E-state index is 12.1. The second-order valence-corrected chi connectivity index (χ2v) is 5.80. The fourth-order valence-corrected chi connectivity index (χ4v) is 2.61. The molecule has 0 aliphatic rings. The number of carbonyl (C=O) groups is 2. The number of fused-ring (bicyclic) bond motifs is 1. The highest BCUT2D eigenvalue weighted by Crippen LogP contribution is 2.35. The van der Waals surface area contributed by atoms with E-state index >= 15 is 0 Å². The molecule has 27 heavy (non-hydrogen) atoms.